The molecule has 198 valence electrons. The number of carbonyl (C=O) groups excluding carboxylic acids is 1. The van der Waals surface area contributed by atoms with Crippen molar-refractivity contribution >= 4 is 57.3 Å². The molecule has 9 nitrogen and oxygen atoms in total. The summed E-state index contributed by atoms with van der Waals surface area (Å²) in [4.78, 5) is 22.7. The Balaban J connectivity index is 1.29. The minimum atomic E-state index is -0.453. The fourth-order valence-electron chi connectivity index (χ4n) is 3.50. The van der Waals surface area contributed by atoms with Crippen LogP contribution in [0, 0.1) is 10.1 Å². The monoisotopic (exact) mass is 617 g/mol. The van der Waals surface area contributed by atoms with E-state index in [0.717, 1.165) is 0 Å². The number of amides is 1. The average molecular weight is 619 g/mol. The van der Waals surface area contributed by atoms with E-state index in [4.69, 9.17) is 14.2 Å². The number of benzene rings is 3. The highest BCUT2D eigenvalue weighted by atomic mass is 79.9. The Kier molecular flexibility index (Phi) is 9.91. The maximum Gasteiger partial charge on any atom is 0.277 e. The zero-order valence-corrected chi connectivity index (χ0v) is 23.5. The minimum Gasteiger partial charge on any atom is -0.493 e. The summed E-state index contributed by atoms with van der Waals surface area (Å²) < 4.78 is 17.9. The van der Waals surface area contributed by atoms with Crippen LogP contribution >= 0.6 is 39.5 Å². The molecule has 1 fully saturated rings. The number of nitro benzene ring substituents is 1. The van der Waals surface area contributed by atoms with E-state index in [1.165, 1.54) is 42.5 Å². The highest BCUT2D eigenvalue weighted by Crippen LogP contribution is 2.45. The quantitative estimate of drug-likeness (QED) is 0.159. The molecule has 1 aliphatic rings. The third kappa shape index (κ3) is 7.65. The van der Waals surface area contributed by atoms with Crippen molar-refractivity contribution in [1.29, 1.82) is 0 Å². The van der Waals surface area contributed by atoms with E-state index in [9.17, 15) is 14.9 Å². The second-order valence-corrected chi connectivity index (χ2v) is 11.6. The lowest BCUT2D eigenvalue weighted by Gasteiger charge is -2.13. The second-order valence-electron chi connectivity index (χ2n) is 7.97. The van der Waals surface area contributed by atoms with Gasteiger partial charge in [-0.3, -0.25) is 14.9 Å². The topological polar surface area (TPSA) is 112 Å². The molecule has 12 heteroatoms. The third-order valence-electron chi connectivity index (χ3n) is 5.30. The van der Waals surface area contributed by atoms with Crippen LogP contribution in [0.1, 0.15) is 21.3 Å². The Hall–Kier alpha value is -3.22. The fourth-order valence-corrected chi connectivity index (χ4v) is 6.94. The molecular weight excluding hydrogens is 594 g/mol. The molecule has 1 aliphatic heterocycles. The largest absolute Gasteiger partial charge is 0.493 e. The van der Waals surface area contributed by atoms with Crippen LogP contribution in [0.15, 0.2) is 70.2 Å². The second kappa shape index (κ2) is 13.5. The molecule has 1 saturated heterocycles. The Labute approximate surface area is 236 Å². The van der Waals surface area contributed by atoms with Crippen molar-refractivity contribution in [3.63, 3.8) is 0 Å². The van der Waals surface area contributed by atoms with E-state index in [2.05, 4.69) is 26.5 Å². The lowest BCUT2D eigenvalue weighted by Crippen LogP contribution is -2.24. The smallest absolute Gasteiger partial charge is 0.277 e. The van der Waals surface area contributed by atoms with E-state index >= 15 is 0 Å². The lowest BCUT2D eigenvalue weighted by molar-refractivity contribution is -0.384. The summed E-state index contributed by atoms with van der Waals surface area (Å²) >= 11 is 7.34. The van der Waals surface area contributed by atoms with Crippen molar-refractivity contribution in [3.05, 3.63) is 91.9 Å². The molecule has 0 saturated carbocycles. The molecule has 38 heavy (non-hydrogen) atoms. The standard InChI is InChI=1S/C26H24BrN3O6S2/c1-34-23-13-18(12-22(27)25(23)36-15-17-3-2-4-20(11-17)30(32)33)14-28-29-24(31)16-35-21-7-5-19(6-8-21)26-37-9-10-38-26/h2-8,11-14,26H,9-10,15-16H2,1H3,(H,29,31)/b28-14-. The molecule has 0 spiro atoms. The van der Waals surface area contributed by atoms with Gasteiger partial charge in [0.1, 0.15) is 12.4 Å². The molecule has 4 rings (SSSR count). The van der Waals surface area contributed by atoms with Crippen LogP contribution in [0.5, 0.6) is 17.2 Å². The van der Waals surface area contributed by atoms with Crippen LogP contribution in [0.4, 0.5) is 5.69 Å². The number of rotatable bonds is 11. The van der Waals surface area contributed by atoms with Crippen LogP contribution in [0.3, 0.4) is 0 Å². The fraction of sp³-hybridized carbons (Fsp3) is 0.231. The first kappa shape index (κ1) is 27.8. The average Bonchev–Trinajstić information content (AvgIpc) is 3.46. The zero-order valence-electron chi connectivity index (χ0n) is 20.3. The molecule has 0 unspecified atom stereocenters. The number of hydrogen-bond acceptors (Lipinski definition) is 9. The van der Waals surface area contributed by atoms with Crippen LogP contribution in [-0.2, 0) is 11.4 Å². The van der Waals surface area contributed by atoms with Gasteiger partial charge in [0.05, 0.1) is 27.3 Å². The van der Waals surface area contributed by atoms with Gasteiger partial charge in [0.25, 0.3) is 11.6 Å². The highest BCUT2D eigenvalue weighted by Gasteiger charge is 2.18. The van der Waals surface area contributed by atoms with Gasteiger partial charge in [-0.25, -0.2) is 5.43 Å². The molecule has 0 bridgehead atoms. The molecule has 1 N–H and O–H groups in total. The molecule has 1 amide bonds. The Morgan fingerprint density at radius 1 is 1.16 bits per heavy atom. The van der Waals surface area contributed by atoms with Gasteiger partial charge in [0, 0.05) is 23.6 Å². The van der Waals surface area contributed by atoms with E-state index < -0.39 is 10.8 Å². The number of halogens is 1. The number of nitrogens with zero attached hydrogens (tertiary/aromatic N) is 2. The first-order valence-electron chi connectivity index (χ1n) is 11.4. The predicted molar refractivity (Wildman–Crippen MR) is 153 cm³/mol. The summed E-state index contributed by atoms with van der Waals surface area (Å²) in [5, 5.41) is 15.0. The number of thioether (sulfide) groups is 2. The van der Waals surface area contributed by atoms with E-state index in [1.54, 1.807) is 24.3 Å². The molecule has 3 aromatic carbocycles. The maximum atomic E-state index is 12.2. The first-order valence-corrected chi connectivity index (χ1v) is 14.3. The predicted octanol–water partition coefficient (Wildman–Crippen LogP) is 5.95. The van der Waals surface area contributed by atoms with Crippen molar-refractivity contribution in [1.82, 2.24) is 5.43 Å². The number of hydrogen-bond donors (Lipinski definition) is 1. The Morgan fingerprint density at radius 3 is 2.63 bits per heavy atom. The number of nitrogens with one attached hydrogen (secondary N) is 1. The van der Waals surface area contributed by atoms with E-state index in [-0.39, 0.29) is 18.9 Å². The normalized spacial score (nSPS) is 13.4. The van der Waals surface area contributed by atoms with Crippen molar-refractivity contribution in [2.24, 2.45) is 5.10 Å². The summed E-state index contributed by atoms with van der Waals surface area (Å²) in [6, 6.07) is 17.5. The van der Waals surface area contributed by atoms with Gasteiger partial charge in [0.2, 0.25) is 0 Å². The lowest BCUT2D eigenvalue weighted by atomic mass is 10.2. The van der Waals surface area contributed by atoms with Crippen LogP contribution in [-0.4, -0.2) is 42.3 Å². The molecule has 1 heterocycles. The molecule has 0 aromatic heterocycles. The third-order valence-corrected chi connectivity index (χ3v) is 9.00. The van der Waals surface area contributed by atoms with Gasteiger partial charge < -0.3 is 14.2 Å². The Bertz CT molecular complexity index is 1320. The number of hydrazone groups is 1. The molecular formula is C26H24BrN3O6S2. The van der Waals surface area contributed by atoms with Crippen LogP contribution in [0.25, 0.3) is 0 Å². The molecule has 0 atom stereocenters. The summed E-state index contributed by atoms with van der Waals surface area (Å²) in [6.07, 6.45) is 1.47. The SMILES string of the molecule is COc1cc(/C=N\NC(=O)COc2ccc(C3SCCS3)cc2)cc(Br)c1OCc1cccc([N+](=O)[O-])c1. The highest BCUT2D eigenvalue weighted by molar-refractivity contribution is 9.10. The van der Waals surface area contributed by atoms with Crippen molar-refractivity contribution in [3.8, 4) is 17.2 Å². The van der Waals surface area contributed by atoms with Crippen LogP contribution < -0.4 is 19.6 Å². The summed E-state index contributed by atoms with van der Waals surface area (Å²) in [7, 11) is 1.50. The maximum absolute atomic E-state index is 12.2. The van der Waals surface area contributed by atoms with Crippen molar-refractivity contribution in [2.45, 2.75) is 11.2 Å². The Morgan fingerprint density at radius 2 is 1.92 bits per heavy atom. The van der Waals surface area contributed by atoms with Gasteiger partial charge in [-0.2, -0.15) is 5.10 Å². The molecule has 0 radical (unpaired) electrons. The van der Waals surface area contributed by atoms with Gasteiger partial charge in [0.15, 0.2) is 18.1 Å². The van der Waals surface area contributed by atoms with Gasteiger partial charge >= 0.3 is 0 Å². The van der Waals surface area contributed by atoms with Crippen LogP contribution in [0.2, 0.25) is 0 Å². The number of methoxy groups -OCH3 is 1. The zero-order chi connectivity index (χ0) is 26.9. The van der Waals surface area contributed by atoms with Crippen molar-refractivity contribution < 1.29 is 23.9 Å². The summed E-state index contributed by atoms with van der Waals surface area (Å²) in [5.41, 5.74) is 4.98. The van der Waals surface area contributed by atoms with Gasteiger partial charge in [-0.15, -0.1) is 23.5 Å². The molecule has 3 aromatic rings. The number of nitro groups is 1. The number of carbonyl (C=O) groups is 1. The number of non-ortho nitro benzene ring substituents is 1. The van der Waals surface area contributed by atoms with E-state index in [1.807, 2.05) is 47.8 Å². The summed E-state index contributed by atoms with van der Waals surface area (Å²) in [5.74, 6) is 3.42. The summed E-state index contributed by atoms with van der Waals surface area (Å²) in [6.45, 7) is -0.0532. The molecule has 0 aliphatic carbocycles. The number of ether oxygens (including phenoxy) is 3. The first-order chi connectivity index (χ1) is 18.4. The van der Waals surface area contributed by atoms with Gasteiger partial charge in [-0.05, 0) is 56.9 Å². The van der Waals surface area contributed by atoms with Gasteiger partial charge in [-0.1, -0.05) is 24.3 Å². The minimum absolute atomic E-state index is 0.00766. The van der Waals surface area contributed by atoms with Crippen molar-refractivity contribution in [2.75, 3.05) is 25.2 Å². The van der Waals surface area contributed by atoms with E-state index in [0.29, 0.717) is 37.4 Å².